The van der Waals surface area contributed by atoms with Gasteiger partial charge in [0, 0.05) is 25.3 Å². The highest BCUT2D eigenvalue weighted by atomic mass is 32.2. The molecule has 1 aromatic heterocycles. The van der Waals surface area contributed by atoms with Gasteiger partial charge in [-0.05, 0) is 62.2 Å². The van der Waals surface area contributed by atoms with E-state index in [0.717, 1.165) is 25.1 Å². The van der Waals surface area contributed by atoms with Crippen LogP contribution in [0.25, 0.3) is 10.2 Å². The predicted octanol–water partition coefficient (Wildman–Crippen LogP) is 3.72. The summed E-state index contributed by atoms with van der Waals surface area (Å²) in [6.45, 7) is 5.48. The molecule has 0 saturated heterocycles. The summed E-state index contributed by atoms with van der Waals surface area (Å²) < 4.78 is 27.3. The van der Waals surface area contributed by atoms with Crippen LogP contribution >= 0.6 is 11.3 Å². The molecule has 0 aliphatic rings. The van der Waals surface area contributed by atoms with Gasteiger partial charge in [0.15, 0.2) is 0 Å². The van der Waals surface area contributed by atoms with E-state index in [1.54, 1.807) is 37.3 Å². The average molecular weight is 404 g/mol. The minimum Gasteiger partial charge on any atom is -0.322 e. The minimum absolute atomic E-state index is 0.145. The zero-order valence-corrected chi connectivity index (χ0v) is 17.5. The molecule has 1 N–H and O–H groups in total. The molecular weight excluding hydrogens is 382 g/mol. The number of nitrogens with one attached hydrogen (secondary N) is 1. The Morgan fingerprint density at radius 1 is 1.11 bits per heavy atom. The molecule has 2 aromatic carbocycles. The summed E-state index contributed by atoms with van der Waals surface area (Å²) >= 11 is 1.56. The third-order valence-corrected chi connectivity index (χ3v) is 7.27. The monoisotopic (exact) mass is 403 g/mol. The molecule has 3 aromatic rings. The van der Waals surface area contributed by atoms with Gasteiger partial charge in [0.2, 0.25) is 10.0 Å². The Balaban J connectivity index is 1.97. The number of hydrogen-bond acceptors (Lipinski definition) is 5. The Labute approximate surface area is 162 Å². The number of anilines is 1. The van der Waals surface area contributed by atoms with E-state index in [4.69, 9.17) is 0 Å². The summed E-state index contributed by atoms with van der Waals surface area (Å²) in [4.78, 5) is 17.3. The lowest BCUT2D eigenvalue weighted by molar-refractivity contribution is 0.102. The molecule has 1 amide bonds. The van der Waals surface area contributed by atoms with Gasteiger partial charge in [0.1, 0.15) is 0 Å². The number of nitrogens with zero attached hydrogens (tertiary/aromatic N) is 2. The Morgan fingerprint density at radius 3 is 2.48 bits per heavy atom. The number of sulfonamides is 1. The lowest BCUT2D eigenvalue weighted by Crippen LogP contribution is -2.24. The largest absolute Gasteiger partial charge is 0.322 e. The molecule has 0 radical (unpaired) electrons. The van der Waals surface area contributed by atoms with Crippen molar-refractivity contribution in [2.45, 2.75) is 25.7 Å². The van der Waals surface area contributed by atoms with Crippen molar-refractivity contribution in [2.75, 3.05) is 19.4 Å². The van der Waals surface area contributed by atoms with Crippen LogP contribution in [0.15, 0.2) is 35.2 Å². The Hall–Kier alpha value is -2.29. The van der Waals surface area contributed by atoms with Crippen LogP contribution in [0.4, 0.5) is 5.69 Å². The third-order valence-electron chi connectivity index (χ3n) is 4.39. The fourth-order valence-electron chi connectivity index (χ4n) is 2.74. The van der Waals surface area contributed by atoms with Gasteiger partial charge in [-0.15, -0.1) is 11.3 Å². The number of carbonyl (C=O) groups excluding carboxylic acids is 1. The van der Waals surface area contributed by atoms with Gasteiger partial charge in [-0.2, -0.15) is 0 Å². The molecule has 0 bridgehead atoms. The highest BCUT2D eigenvalue weighted by molar-refractivity contribution is 7.89. The molecule has 0 aliphatic carbocycles. The molecule has 6 nitrogen and oxygen atoms in total. The van der Waals surface area contributed by atoms with Crippen molar-refractivity contribution in [3.63, 3.8) is 0 Å². The second-order valence-corrected chi connectivity index (χ2v) is 9.93. The first-order valence-electron chi connectivity index (χ1n) is 8.32. The topological polar surface area (TPSA) is 79.4 Å². The molecule has 0 spiro atoms. The average Bonchev–Trinajstić information content (AvgIpc) is 2.96. The van der Waals surface area contributed by atoms with Crippen LogP contribution in [0.2, 0.25) is 0 Å². The number of carbonyl (C=O) groups is 1. The van der Waals surface area contributed by atoms with Crippen molar-refractivity contribution in [3.8, 4) is 0 Å². The van der Waals surface area contributed by atoms with Crippen LogP contribution in [-0.2, 0) is 10.0 Å². The van der Waals surface area contributed by atoms with Gasteiger partial charge in [-0.1, -0.05) is 0 Å². The molecule has 0 saturated carbocycles. The van der Waals surface area contributed by atoms with E-state index in [9.17, 15) is 13.2 Å². The highest BCUT2D eigenvalue weighted by Gasteiger charge is 2.23. The summed E-state index contributed by atoms with van der Waals surface area (Å²) in [6, 6.07) is 8.65. The number of rotatable bonds is 4. The molecule has 0 aliphatic heterocycles. The highest BCUT2D eigenvalue weighted by Crippen LogP contribution is 2.26. The van der Waals surface area contributed by atoms with Gasteiger partial charge in [-0.3, -0.25) is 4.79 Å². The standard InChI is InChI=1S/C19H21N3O3S2/c1-11-8-14(9-18(12(11)2)27(24,25)22(4)5)19(23)21-15-6-7-16-17(10-15)26-13(3)20-16/h6-10H,1-5H3,(H,21,23). The van der Waals surface area contributed by atoms with Gasteiger partial charge < -0.3 is 5.32 Å². The minimum atomic E-state index is -3.64. The summed E-state index contributed by atoms with van der Waals surface area (Å²) in [6.07, 6.45) is 0. The van der Waals surface area contributed by atoms with Crippen LogP contribution in [0.1, 0.15) is 26.5 Å². The van der Waals surface area contributed by atoms with E-state index < -0.39 is 10.0 Å². The lowest BCUT2D eigenvalue weighted by atomic mass is 10.1. The maximum atomic E-state index is 12.7. The van der Waals surface area contributed by atoms with Crippen molar-refractivity contribution in [1.29, 1.82) is 0 Å². The van der Waals surface area contributed by atoms with Gasteiger partial charge >= 0.3 is 0 Å². The normalized spacial score (nSPS) is 11.9. The van der Waals surface area contributed by atoms with Crippen LogP contribution in [0.3, 0.4) is 0 Å². The molecule has 0 unspecified atom stereocenters. The van der Waals surface area contributed by atoms with Gasteiger partial charge in [0.25, 0.3) is 5.91 Å². The van der Waals surface area contributed by atoms with Crippen LogP contribution in [0, 0.1) is 20.8 Å². The molecule has 3 rings (SSSR count). The van der Waals surface area contributed by atoms with Crippen molar-refractivity contribution in [1.82, 2.24) is 9.29 Å². The molecule has 27 heavy (non-hydrogen) atoms. The number of aryl methyl sites for hydroxylation is 2. The number of benzene rings is 2. The molecule has 142 valence electrons. The number of aromatic nitrogens is 1. The maximum Gasteiger partial charge on any atom is 0.255 e. The lowest BCUT2D eigenvalue weighted by Gasteiger charge is -2.16. The van der Waals surface area contributed by atoms with Crippen LogP contribution in [0.5, 0.6) is 0 Å². The Bertz CT molecular complexity index is 1150. The van der Waals surface area contributed by atoms with E-state index in [2.05, 4.69) is 10.3 Å². The number of thiazole rings is 1. The first-order chi connectivity index (χ1) is 12.6. The van der Waals surface area contributed by atoms with E-state index in [1.165, 1.54) is 20.2 Å². The van der Waals surface area contributed by atoms with Crippen molar-refractivity contribution < 1.29 is 13.2 Å². The zero-order chi connectivity index (χ0) is 19.9. The van der Waals surface area contributed by atoms with E-state index in [-0.39, 0.29) is 10.8 Å². The van der Waals surface area contributed by atoms with Crippen molar-refractivity contribution >= 4 is 43.2 Å². The SMILES string of the molecule is Cc1nc2ccc(NC(=O)c3cc(C)c(C)c(S(=O)(=O)N(C)C)c3)cc2s1. The molecule has 8 heteroatoms. The van der Waals surface area contributed by atoms with E-state index in [0.29, 0.717) is 16.8 Å². The summed E-state index contributed by atoms with van der Waals surface area (Å²) in [5, 5.41) is 3.81. The fraction of sp³-hybridized carbons (Fsp3) is 0.263. The first kappa shape index (κ1) is 19.5. The van der Waals surface area contributed by atoms with Gasteiger partial charge in [-0.25, -0.2) is 17.7 Å². The molecular formula is C19H21N3O3S2. The van der Waals surface area contributed by atoms with Gasteiger partial charge in [0.05, 0.1) is 20.1 Å². The van der Waals surface area contributed by atoms with Crippen LogP contribution in [-0.4, -0.2) is 37.7 Å². The fourth-order valence-corrected chi connectivity index (χ4v) is 4.83. The van der Waals surface area contributed by atoms with Crippen LogP contribution < -0.4 is 5.32 Å². The Morgan fingerprint density at radius 2 is 1.81 bits per heavy atom. The Kier molecular flexibility index (Phi) is 5.07. The second-order valence-electron chi connectivity index (χ2n) is 6.57. The second kappa shape index (κ2) is 7.03. The van der Waals surface area contributed by atoms with Crippen molar-refractivity contribution in [2.24, 2.45) is 0 Å². The smallest absolute Gasteiger partial charge is 0.255 e. The first-order valence-corrected chi connectivity index (χ1v) is 10.6. The van der Waals surface area contributed by atoms with E-state index in [1.807, 2.05) is 19.1 Å². The maximum absolute atomic E-state index is 12.7. The predicted molar refractivity (Wildman–Crippen MR) is 109 cm³/mol. The number of hydrogen-bond donors (Lipinski definition) is 1. The summed E-state index contributed by atoms with van der Waals surface area (Å²) in [5.41, 5.74) is 3.23. The molecule has 0 fully saturated rings. The van der Waals surface area contributed by atoms with Crippen molar-refractivity contribution in [3.05, 3.63) is 52.0 Å². The summed E-state index contributed by atoms with van der Waals surface area (Å²) in [5.74, 6) is -0.353. The molecule has 1 heterocycles. The quantitative estimate of drug-likeness (QED) is 0.720. The molecule has 0 atom stereocenters. The zero-order valence-electron chi connectivity index (χ0n) is 15.8. The summed E-state index contributed by atoms with van der Waals surface area (Å²) in [7, 11) is -0.688. The number of fused-ring (bicyclic) bond motifs is 1. The number of amides is 1. The third kappa shape index (κ3) is 3.73. The van der Waals surface area contributed by atoms with E-state index >= 15 is 0 Å².